The number of aryl methyl sites for hydroxylation is 2. The van der Waals surface area contributed by atoms with E-state index in [9.17, 15) is 4.79 Å². The highest BCUT2D eigenvalue weighted by Gasteiger charge is 2.15. The number of carbonyl (C=O) groups excluding carboxylic acids is 1. The first kappa shape index (κ1) is 11.4. The zero-order valence-corrected chi connectivity index (χ0v) is 10.1. The van der Waals surface area contributed by atoms with Crippen LogP contribution < -0.4 is 0 Å². The molecule has 0 fully saturated rings. The lowest BCUT2D eigenvalue weighted by atomic mass is 10.2. The summed E-state index contributed by atoms with van der Waals surface area (Å²) in [6.07, 6.45) is 3.26. The summed E-state index contributed by atoms with van der Waals surface area (Å²) in [4.78, 5) is 15.8. The van der Waals surface area contributed by atoms with Gasteiger partial charge in [0.25, 0.3) is 0 Å². The summed E-state index contributed by atoms with van der Waals surface area (Å²) in [7, 11) is 1.38. The van der Waals surface area contributed by atoms with Crippen LogP contribution in [0.5, 0.6) is 0 Å². The Hall–Kier alpha value is -2.10. The second kappa shape index (κ2) is 4.41. The van der Waals surface area contributed by atoms with E-state index in [0.717, 1.165) is 17.1 Å². The van der Waals surface area contributed by atoms with E-state index in [1.54, 1.807) is 18.5 Å². The number of esters is 1. The Morgan fingerprint density at radius 3 is 2.47 bits per heavy atom. The second-order valence-electron chi connectivity index (χ2n) is 3.84. The molecule has 2 aromatic heterocycles. The van der Waals surface area contributed by atoms with E-state index >= 15 is 0 Å². The van der Waals surface area contributed by atoms with Crippen LogP contribution in [-0.4, -0.2) is 22.6 Å². The summed E-state index contributed by atoms with van der Waals surface area (Å²) >= 11 is 0. The summed E-state index contributed by atoms with van der Waals surface area (Å²) in [5.41, 5.74) is 3.38. The van der Waals surface area contributed by atoms with E-state index in [1.807, 2.05) is 30.5 Å². The number of ether oxygens (including phenoxy) is 1. The Labute approximate surface area is 99.9 Å². The molecule has 0 spiro atoms. The minimum absolute atomic E-state index is 0.352. The van der Waals surface area contributed by atoms with Gasteiger partial charge in [0.1, 0.15) is 0 Å². The SMILES string of the molecule is COC(=O)c1ccncc1-n1c(C)ccc1C. The zero-order chi connectivity index (χ0) is 12.4. The predicted molar refractivity (Wildman–Crippen MR) is 64.4 cm³/mol. The van der Waals surface area contributed by atoms with Crippen LogP contribution in [0.4, 0.5) is 0 Å². The van der Waals surface area contributed by atoms with Crippen molar-refractivity contribution in [2.24, 2.45) is 0 Å². The van der Waals surface area contributed by atoms with Gasteiger partial charge in [0.05, 0.1) is 24.6 Å². The number of nitrogens with zero attached hydrogens (tertiary/aromatic N) is 2. The minimum Gasteiger partial charge on any atom is -0.465 e. The quantitative estimate of drug-likeness (QED) is 0.743. The van der Waals surface area contributed by atoms with Gasteiger partial charge in [0, 0.05) is 17.6 Å². The van der Waals surface area contributed by atoms with E-state index in [4.69, 9.17) is 4.74 Å². The van der Waals surface area contributed by atoms with Gasteiger partial charge < -0.3 is 9.30 Å². The Balaban J connectivity index is 2.64. The topological polar surface area (TPSA) is 44.1 Å². The van der Waals surface area contributed by atoms with Crippen LogP contribution in [0.25, 0.3) is 5.69 Å². The molecular weight excluding hydrogens is 216 g/mol. The standard InChI is InChI=1S/C13H14N2O2/c1-9-4-5-10(2)15(9)12-8-14-7-6-11(12)13(16)17-3/h4-8H,1-3H3. The number of pyridine rings is 1. The van der Waals surface area contributed by atoms with Gasteiger partial charge in [-0.2, -0.15) is 0 Å². The number of hydrogen-bond donors (Lipinski definition) is 0. The molecule has 0 radical (unpaired) electrons. The number of hydrogen-bond acceptors (Lipinski definition) is 3. The van der Waals surface area contributed by atoms with Gasteiger partial charge in [-0.1, -0.05) is 0 Å². The third kappa shape index (κ3) is 1.93. The first-order valence-electron chi connectivity index (χ1n) is 5.33. The largest absolute Gasteiger partial charge is 0.465 e. The van der Waals surface area contributed by atoms with E-state index in [0.29, 0.717) is 5.56 Å². The molecule has 0 unspecified atom stereocenters. The van der Waals surface area contributed by atoms with Crippen LogP contribution in [-0.2, 0) is 4.74 Å². The Morgan fingerprint density at radius 1 is 1.24 bits per heavy atom. The van der Waals surface area contributed by atoms with Crippen LogP contribution >= 0.6 is 0 Å². The molecule has 2 heterocycles. The fourth-order valence-corrected chi connectivity index (χ4v) is 1.90. The number of aromatic nitrogens is 2. The minimum atomic E-state index is -0.352. The third-order valence-corrected chi connectivity index (χ3v) is 2.72. The van der Waals surface area contributed by atoms with Crippen molar-refractivity contribution in [2.75, 3.05) is 7.11 Å². The molecule has 0 N–H and O–H groups in total. The van der Waals surface area contributed by atoms with Gasteiger partial charge in [-0.05, 0) is 32.0 Å². The molecule has 88 valence electrons. The van der Waals surface area contributed by atoms with Crippen molar-refractivity contribution in [3.8, 4) is 5.69 Å². The molecule has 2 aromatic rings. The molecule has 0 bridgehead atoms. The summed E-state index contributed by atoms with van der Waals surface area (Å²) in [6, 6.07) is 5.67. The highest BCUT2D eigenvalue weighted by atomic mass is 16.5. The van der Waals surface area contributed by atoms with Crippen molar-refractivity contribution in [3.63, 3.8) is 0 Å². The van der Waals surface area contributed by atoms with Crippen LogP contribution in [0.1, 0.15) is 21.7 Å². The summed E-state index contributed by atoms with van der Waals surface area (Å²) in [5.74, 6) is -0.352. The molecule has 0 aliphatic heterocycles. The number of rotatable bonds is 2. The lowest BCUT2D eigenvalue weighted by Gasteiger charge is -2.12. The van der Waals surface area contributed by atoms with Crippen LogP contribution in [0.3, 0.4) is 0 Å². The normalized spacial score (nSPS) is 10.3. The third-order valence-electron chi connectivity index (χ3n) is 2.72. The van der Waals surface area contributed by atoms with Crippen molar-refractivity contribution in [3.05, 3.63) is 47.5 Å². The molecule has 4 heteroatoms. The number of methoxy groups -OCH3 is 1. The van der Waals surface area contributed by atoms with Crippen molar-refractivity contribution in [1.82, 2.24) is 9.55 Å². The fraction of sp³-hybridized carbons (Fsp3) is 0.231. The molecule has 0 saturated carbocycles. The molecule has 0 aliphatic rings. The molecule has 0 atom stereocenters. The van der Waals surface area contributed by atoms with Crippen LogP contribution in [0, 0.1) is 13.8 Å². The van der Waals surface area contributed by atoms with Gasteiger partial charge in [0.15, 0.2) is 0 Å². The average Bonchev–Trinajstić information content (AvgIpc) is 2.68. The number of carbonyl (C=O) groups is 1. The van der Waals surface area contributed by atoms with E-state index in [2.05, 4.69) is 4.98 Å². The van der Waals surface area contributed by atoms with Gasteiger partial charge in [0.2, 0.25) is 0 Å². The Kier molecular flexibility index (Phi) is 2.95. The molecule has 0 amide bonds. The molecule has 17 heavy (non-hydrogen) atoms. The lowest BCUT2D eigenvalue weighted by Crippen LogP contribution is -2.09. The first-order valence-corrected chi connectivity index (χ1v) is 5.33. The van der Waals surface area contributed by atoms with Crippen LogP contribution in [0.2, 0.25) is 0 Å². The fourth-order valence-electron chi connectivity index (χ4n) is 1.90. The smallest absolute Gasteiger partial charge is 0.340 e. The Morgan fingerprint density at radius 2 is 1.88 bits per heavy atom. The maximum absolute atomic E-state index is 11.7. The van der Waals surface area contributed by atoms with E-state index < -0.39 is 0 Å². The molecule has 0 aliphatic carbocycles. The highest BCUT2D eigenvalue weighted by Crippen LogP contribution is 2.19. The molecule has 0 aromatic carbocycles. The highest BCUT2D eigenvalue weighted by molar-refractivity contribution is 5.93. The molecule has 2 rings (SSSR count). The maximum atomic E-state index is 11.7. The monoisotopic (exact) mass is 230 g/mol. The first-order chi connectivity index (χ1) is 8.15. The Bertz CT molecular complexity index is 539. The van der Waals surface area contributed by atoms with Crippen molar-refractivity contribution in [1.29, 1.82) is 0 Å². The summed E-state index contributed by atoms with van der Waals surface area (Å²) in [5, 5.41) is 0. The lowest BCUT2D eigenvalue weighted by molar-refractivity contribution is 0.0600. The summed E-state index contributed by atoms with van der Waals surface area (Å²) < 4.78 is 6.76. The maximum Gasteiger partial charge on any atom is 0.340 e. The van der Waals surface area contributed by atoms with Crippen molar-refractivity contribution >= 4 is 5.97 Å². The van der Waals surface area contributed by atoms with Gasteiger partial charge in [-0.25, -0.2) is 4.79 Å². The molecule has 0 saturated heterocycles. The molecule has 4 nitrogen and oxygen atoms in total. The van der Waals surface area contributed by atoms with Crippen molar-refractivity contribution in [2.45, 2.75) is 13.8 Å². The van der Waals surface area contributed by atoms with E-state index in [1.165, 1.54) is 7.11 Å². The molecular formula is C13H14N2O2. The average molecular weight is 230 g/mol. The second-order valence-corrected chi connectivity index (χ2v) is 3.84. The van der Waals surface area contributed by atoms with Crippen molar-refractivity contribution < 1.29 is 9.53 Å². The van der Waals surface area contributed by atoms with Gasteiger partial charge in [-0.3, -0.25) is 4.98 Å². The van der Waals surface area contributed by atoms with Gasteiger partial charge >= 0.3 is 5.97 Å². The predicted octanol–water partition coefficient (Wildman–Crippen LogP) is 2.28. The summed E-state index contributed by atoms with van der Waals surface area (Å²) in [6.45, 7) is 3.97. The zero-order valence-electron chi connectivity index (χ0n) is 10.1. The van der Waals surface area contributed by atoms with E-state index in [-0.39, 0.29) is 5.97 Å². The van der Waals surface area contributed by atoms with Crippen LogP contribution in [0.15, 0.2) is 30.6 Å². The van der Waals surface area contributed by atoms with Gasteiger partial charge in [-0.15, -0.1) is 0 Å².